The molecule has 1 atom stereocenters. The second-order valence-electron chi connectivity index (χ2n) is 2.50. The molecule has 1 aromatic heterocycles. The van der Waals surface area contributed by atoms with E-state index in [0.29, 0.717) is 0 Å². The molecule has 0 saturated heterocycles. The van der Waals surface area contributed by atoms with E-state index in [2.05, 4.69) is 10.2 Å². The molecule has 3 heteroatoms. The zero-order chi connectivity index (χ0) is 8.10. The van der Waals surface area contributed by atoms with E-state index in [4.69, 9.17) is 5.73 Å². The van der Waals surface area contributed by atoms with E-state index in [9.17, 15) is 0 Å². The summed E-state index contributed by atoms with van der Waals surface area (Å²) in [4.78, 5) is 0. The summed E-state index contributed by atoms with van der Waals surface area (Å²) in [7, 11) is 0. The van der Waals surface area contributed by atoms with Crippen LogP contribution in [0, 0.1) is 0 Å². The molecule has 1 unspecified atom stereocenters. The standard InChI is InChI=1S/C8H13N3/c1-2-3-8(9)4-7-5-10-11-6-7/h2-3,5-6,8H,4,9H2,1H3,(H,10,11). The van der Waals surface area contributed by atoms with E-state index < -0.39 is 0 Å². The minimum Gasteiger partial charge on any atom is -0.324 e. The zero-order valence-corrected chi connectivity index (χ0v) is 6.62. The van der Waals surface area contributed by atoms with E-state index in [0.717, 1.165) is 12.0 Å². The quantitative estimate of drug-likeness (QED) is 0.629. The van der Waals surface area contributed by atoms with Gasteiger partial charge >= 0.3 is 0 Å². The summed E-state index contributed by atoms with van der Waals surface area (Å²) in [5, 5.41) is 6.58. The minimum atomic E-state index is 0.109. The predicted octanol–water partition coefficient (Wildman–Crippen LogP) is 0.856. The summed E-state index contributed by atoms with van der Waals surface area (Å²) < 4.78 is 0. The van der Waals surface area contributed by atoms with Gasteiger partial charge in [0.05, 0.1) is 6.20 Å². The molecule has 1 aromatic rings. The molecule has 60 valence electrons. The van der Waals surface area contributed by atoms with Gasteiger partial charge in [-0.15, -0.1) is 0 Å². The Morgan fingerprint density at radius 1 is 1.82 bits per heavy atom. The van der Waals surface area contributed by atoms with Gasteiger partial charge in [-0.2, -0.15) is 5.10 Å². The van der Waals surface area contributed by atoms with E-state index in [-0.39, 0.29) is 6.04 Å². The van der Waals surface area contributed by atoms with Gasteiger partial charge in [0, 0.05) is 12.2 Å². The molecule has 0 spiro atoms. The van der Waals surface area contributed by atoms with Crippen LogP contribution >= 0.6 is 0 Å². The number of H-pyrrole nitrogens is 1. The molecule has 11 heavy (non-hydrogen) atoms. The molecule has 0 aliphatic carbocycles. The molecule has 0 aliphatic heterocycles. The lowest BCUT2D eigenvalue weighted by Crippen LogP contribution is -2.19. The van der Waals surface area contributed by atoms with Gasteiger partial charge in [0.25, 0.3) is 0 Å². The number of nitrogens with one attached hydrogen (secondary N) is 1. The molecule has 3 nitrogen and oxygen atoms in total. The Bertz CT molecular complexity index is 213. The van der Waals surface area contributed by atoms with Gasteiger partial charge < -0.3 is 5.73 Å². The summed E-state index contributed by atoms with van der Waals surface area (Å²) in [6.45, 7) is 1.97. The molecule has 1 heterocycles. The normalized spacial score (nSPS) is 14.0. The van der Waals surface area contributed by atoms with Crippen LogP contribution in [0.5, 0.6) is 0 Å². The van der Waals surface area contributed by atoms with Crippen LogP contribution in [0.15, 0.2) is 24.5 Å². The first-order chi connectivity index (χ1) is 5.33. The van der Waals surface area contributed by atoms with E-state index in [1.165, 1.54) is 0 Å². The molecule has 0 radical (unpaired) electrons. The molecular weight excluding hydrogens is 138 g/mol. The van der Waals surface area contributed by atoms with Crippen molar-refractivity contribution in [3.63, 3.8) is 0 Å². The van der Waals surface area contributed by atoms with Gasteiger partial charge in [-0.3, -0.25) is 5.10 Å². The van der Waals surface area contributed by atoms with Crippen LogP contribution in [-0.4, -0.2) is 16.2 Å². The van der Waals surface area contributed by atoms with Gasteiger partial charge in [0.1, 0.15) is 0 Å². The van der Waals surface area contributed by atoms with Crippen LogP contribution in [0.1, 0.15) is 12.5 Å². The van der Waals surface area contributed by atoms with Crippen molar-refractivity contribution in [2.75, 3.05) is 0 Å². The smallest absolute Gasteiger partial charge is 0.0519 e. The maximum Gasteiger partial charge on any atom is 0.0519 e. The fourth-order valence-electron chi connectivity index (χ4n) is 0.977. The van der Waals surface area contributed by atoms with Gasteiger partial charge in [0.15, 0.2) is 0 Å². The van der Waals surface area contributed by atoms with E-state index in [1.54, 1.807) is 6.20 Å². The summed E-state index contributed by atoms with van der Waals surface area (Å²) in [5.41, 5.74) is 6.90. The van der Waals surface area contributed by atoms with Crippen LogP contribution in [0.4, 0.5) is 0 Å². The maximum atomic E-state index is 5.75. The molecule has 0 saturated carbocycles. The zero-order valence-electron chi connectivity index (χ0n) is 6.62. The van der Waals surface area contributed by atoms with Crippen molar-refractivity contribution >= 4 is 0 Å². The first-order valence-electron chi connectivity index (χ1n) is 3.69. The molecule has 0 aromatic carbocycles. The van der Waals surface area contributed by atoms with Crippen LogP contribution < -0.4 is 5.73 Å². The molecule has 3 N–H and O–H groups in total. The van der Waals surface area contributed by atoms with Crippen LogP contribution in [0.2, 0.25) is 0 Å². The van der Waals surface area contributed by atoms with Gasteiger partial charge in [-0.1, -0.05) is 12.2 Å². The number of aromatic amines is 1. The fourth-order valence-corrected chi connectivity index (χ4v) is 0.977. The van der Waals surface area contributed by atoms with Gasteiger partial charge in [0.2, 0.25) is 0 Å². The van der Waals surface area contributed by atoms with Gasteiger partial charge in [-0.25, -0.2) is 0 Å². The molecule has 1 rings (SSSR count). The van der Waals surface area contributed by atoms with Crippen molar-refractivity contribution in [1.29, 1.82) is 0 Å². The first-order valence-corrected chi connectivity index (χ1v) is 3.69. The average Bonchev–Trinajstić information content (AvgIpc) is 2.40. The lowest BCUT2D eigenvalue weighted by molar-refractivity contribution is 0.809. The highest BCUT2D eigenvalue weighted by molar-refractivity contribution is 5.07. The Labute approximate surface area is 66.3 Å². The summed E-state index contributed by atoms with van der Waals surface area (Å²) >= 11 is 0. The van der Waals surface area contributed by atoms with Crippen molar-refractivity contribution in [3.05, 3.63) is 30.1 Å². The van der Waals surface area contributed by atoms with Crippen LogP contribution in [0.3, 0.4) is 0 Å². The van der Waals surface area contributed by atoms with Crippen molar-refractivity contribution in [1.82, 2.24) is 10.2 Å². The van der Waals surface area contributed by atoms with Crippen molar-refractivity contribution in [2.24, 2.45) is 5.73 Å². The number of rotatable bonds is 3. The third kappa shape index (κ3) is 2.55. The number of aromatic nitrogens is 2. The Morgan fingerprint density at radius 3 is 3.18 bits per heavy atom. The monoisotopic (exact) mass is 151 g/mol. The molecular formula is C8H13N3. The number of allylic oxidation sites excluding steroid dienone is 1. The Kier molecular flexibility index (Phi) is 2.86. The minimum absolute atomic E-state index is 0.109. The molecule has 0 fully saturated rings. The summed E-state index contributed by atoms with van der Waals surface area (Å²) in [6.07, 6.45) is 8.45. The molecule has 0 amide bonds. The highest BCUT2D eigenvalue weighted by Gasteiger charge is 1.99. The van der Waals surface area contributed by atoms with E-state index >= 15 is 0 Å². The number of nitrogens with two attached hydrogens (primary N) is 1. The summed E-state index contributed by atoms with van der Waals surface area (Å²) in [6, 6.07) is 0.109. The van der Waals surface area contributed by atoms with Crippen molar-refractivity contribution < 1.29 is 0 Å². The SMILES string of the molecule is CC=CC(N)Cc1cn[nH]c1. The highest BCUT2D eigenvalue weighted by Crippen LogP contribution is 1.98. The van der Waals surface area contributed by atoms with Gasteiger partial charge in [-0.05, 0) is 18.9 Å². The number of nitrogens with zero attached hydrogens (tertiary/aromatic N) is 1. The maximum absolute atomic E-state index is 5.75. The van der Waals surface area contributed by atoms with Crippen molar-refractivity contribution in [2.45, 2.75) is 19.4 Å². The van der Waals surface area contributed by atoms with E-state index in [1.807, 2.05) is 25.3 Å². The summed E-state index contributed by atoms with van der Waals surface area (Å²) in [5.74, 6) is 0. The topological polar surface area (TPSA) is 54.7 Å². The Hall–Kier alpha value is -1.09. The molecule has 0 bridgehead atoms. The number of hydrogen-bond donors (Lipinski definition) is 2. The Balaban J connectivity index is 2.43. The Morgan fingerprint density at radius 2 is 2.64 bits per heavy atom. The second-order valence-corrected chi connectivity index (χ2v) is 2.50. The number of hydrogen-bond acceptors (Lipinski definition) is 2. The molecule has 0 aliphatic rings. The predicted molar refractivity (Wildman–Crippen MR) is 45.1 cm³/mol. The fraction of sp³-hybridized carbons (Fsp3) is 0.375. The average molecular weight is 151 g/mol. The second kappa shape index (κ2) is 3.93. The van der Waals surface area contributed by atoms with Crippen LogP contribution in [0.25, 0.3) is 0 Å². The third-order valence-electron chi connectivity index (χ3n) is 1.47. The highest BCUT2D eigenvalue weighted by atomic mass is 15.1. The lowest BCUT2D eigenvalue weighted by Gasteiger charge is -2.01. The largest absolute Gasteiger partial charge is 0.324 e. The third-order valence-corrected chi connectivity index (χ3v) is 1.47. The van der Waals surface area contributed by atoms with Crippen molar-refractivity contribution in [3.8, 4) is 0 Å². The first kappa shape index (κ1) is 8.01. The van der Waals surface area contributed by atoms with Crippen LogP contribution in [-0.2, 0) is 6.42 Å². The lowest BCUT2D eigenvalue weighted by atomic mass is 10.1.